The quantitative estimate of drug-likeness (QED) is 0.868. The summed E-state index contributed by atoms with van der Waals surface area (Å²) in [7, 11) is 1.68. The van der Waals surface area contributed by atoms with E-state index < -0.39 is 0 Å². The fraction of sp³-hybridized carbons (Fsp3) is 0.688. The van der Waals surface area contributed by atoms with Crippen LogP contribution >= 0.6 is 0 Å². The summed E-state index contributed by atoms with van der Waals surface area (Å²) in [6.07, 6.45) is 8.11. The minimum absolute atomic E-state index is 0.161. The fourth-order valence-corrected chi connectivity index (χ4v) is 3.41. The van der Waals surface area contributed by atoms with Crippen LogP contribution in [0.25, 0.3) is 0 Å². The zero-order valence-electron chi connectivity index (χ0n) is 12.8. The molecular formula is C16H27N3O. The standard InChI is InChI=1S/C16H27N3O/c1-3-19(16(13-17)9-5-4-6-10-16)12-14-8-7-11-18-15(14)20-2/h7-8,11H,3-6,9-10,12-13,17H2,1-2H3. The molecule has 1 heterocycles. The van der Waals surface area contributed by atoms with E-state index in [0.29, 0.717) is 0 Å². The predicted molar refractivity (Wildman–Crippen MR) is 81.7 cm³/mol. The second-order valence-corrected chi connectivity index (χ2v) is 5.68. The van der Waals surface area contributed by atoms with Gasteiger partial charge in [-0.1, -0.05) is 32.3 Å². The molecule has 0 spiro atoms. The van der Waals surface area contributed by atoms with Gasteiger partial charge in [0.2, 0.25) is 5.88 Å². The van der Waals surface area contributed by atoms with Crippen LogP contribution in [-0.2, 0) is 6.54 Å². The molecule has 0 atom stereocenters. The smallest absolute Gasteiger partial charge is 0.217 e. The van der Waals surface area contributed by atoms with Crippen LogP contribution in [0.2, 0.25) is 0 Å². The number of ether oxygens (including phenoxy) is 1. The predicted octanol–water partition coefficient (Wildman–Crippen LogP) is 2.57. The summed E-state index contributed by atoms with van der Waals surface area (Å²) in [5.41, 5.74) is 7.46. The number of methoxy groups -OCH3 is 1. The second-order valence-electron chi connectivity index (χ2n) is 5.68. The Labute approximate surface area is 122 Å². The van der Waals surface area contributed by atoms with Crippen molar-refractivity contribution in [3.05, 3.63) is 23.9 Å². The van der Waals surface area contributed by atoms with E-state index in [0.717, 1.165) is 31.1 Å². The third kappa shape index (κ3) is 3.13. The first-order valence-electron chi connectivity index (χ1n) is 7.69. The van der Waals surface area contributed by atoms with Crippen molar-refractivity contribution in [2.45, 2.75) is 51.1 Å². The zero-order chi connectivity index (χ0) is 14.4. The Morgan fingerprint density at radius 3 is 2.70 bits per heavy atom. The number of likely N-dealkylation sites (N-methyl/N-ethyl adjacent to an activating group) is 1. The Balaban J connectivity index is 2.19. The van der Waals surface area contributed by atoms with Gasteiger partial charge in [0.15, 0.2) is 0 Å². The Bertz CT molecular complexity index is 416. The Morgan fingerprint density at radius 2 is 2.10 bits per heavy atom. The number of nitrogens with two attached hydrogens (primary N) is 1. The second kappa shape index (κ2) is 7.04. The highest BCUT2D eigenvalue weighted by Crippen LogP contribution is 2.34. The van der Waals surface area contributed by atoms with Crippen LogP contribution in [-0.4, -0.2) is 35.6 Å². The molecule has 1 aromatic heterocycles. The highest BCUT2D eigenvalue weighted by molar-refractivity contribution is 5.25. The lowest BCUT2D eigenvalue weighted by Gasteiger charge is -2.45. The minimum Gasteiger partial charge on any atom is -0.481 e. The van der Waals surface area contributed by atoms with Gasteiger partial charge in [-0.25, -0.2) is 4.98 Å². The molecule has 2 N–H and O–H groups in total. The molecule has 0 radical (unpaired) electrons. The molecule has 0 saturated heterocycles. The molecule has 0 aliphatic heterocycles. The molecule has 1 fully saturated rings. The maximum Gasteiger partial charge on any atom is 0.217 e. The van der Waals surface area contributed by atoms with Crippen LogP contribution < -0.4 is 10.5 Å². The molecule has 4 heteroatoms. The van der Waals surface area contributed by atoms with Crippen molar-refractivity contribution in [1.82, 2.24) is 9.88 Å². The molecule has 0 aromatic carbocycles. The number of nitrogens with zero attached hydrogens (tertiary/aromatic N) is 2. The first-order valence-corrected chi connectivity index (χ1v) is 7.69. The lowest BCUT2D eigenvalue weighted by atomic mass is 9.80. The highest BCUT2D eigenvalue weighted by atomic mass is 16.5. The van der Waals surface area contributed by atoms with Gasteiger partial charge in [-0.2, -0.15) is 0 Å². The maximum absolute atomic E-state index is 6.15. The summed E-state index contributed by atoms with van der Waals surface area (Å²) in [6, 6.07) is 4.07. The molecular weight excluding hydrogens is 250 g/mol. The molecule has 0 unspecified atom stereocenters. The van der Waals surface area contributed by atoms with E-state index in [2.05, 4.69) is 22.9 Å². The summed E-state index contributed by atoms with van der Waals surface area (Å²) in [5, 5.41) is 0. The summed E-state index contributed by atoms with van der Waals surface area (Å²) in [4.78, 5) is 6.82. The summed E-state index contributed by atoms with van der Waals surface area (Å²) in [5.74, 6) is 0.730. The molecule has 2 rings (SSSR count). The van der Waals surface area contributed by atoms with Crippen LogP contribution in [0, 0.1) is 0 Å². The lowest BCUT2D eigenvalue weighted by Crippen LogP contribution is -2.54. The van der Waals surface area contributed by atoms with Gasteiger partial charge in [-0.3, -0.25) is 4.90 Å². The molecule has 4 nitrogen and oxygen atoms in total. The van der Waals surface area contributed by atoms with Gasteiger partial charge in [-0.15, -0.1) is 0 Å². The van der Waals surface area contributed by atoms with Gasteiger partial charge in [0, 0.05) is 30.4 Å². The minimum atomic E-state index is 0.161. The van der Waals surface area contributed by atoms with Crippen molar-refractivity contribution in [3.8, 4) is 5.88 Å². The third-order valence-electron chi connectivity index (χ3n) is 4.62. The Kier molecular flexibility index (Phi) is 5.38. The fourth-order valence-electron chi connectivity index (χ4n) is 3.41. The van der Waals surface area contributed by atoms with E-state index in [1.165, 1.54) is 32.1 Å². The number of hydrogen-bond acceptors (Lipinski definition) is 4. The van der Waals surface area contributed by atoms with Gasteiger partial charge in [0.1, 0.15) is 0 Å². The van der Waals surface area contributed by atoms with Crippen molar-refractivity contribution in [1.29, 1.82) is 0 Å². The zero-order valence-corrected chi connectivity index (χ0v) is 12.8. The van der Waals surface area contributed by atoms with E-state index in [4.69, 9.17) is 10.5 Å². The Morgan fingerprint density at radius 1 is 1.35 bits per heavy atom. The van der Waals surface area contributed by atoms with E-state index >= 15 is 0 Å². The van der Waals surface area contributed by atoms with Crippen LogP contribution in [0.1, 0.15) is 44.6 Å². The number of hydrogen-bond donors (Lipinski definition) is 1. The van der Waals surface area contributed by atoms with Gasteiger partial charge >= 0.3 is 0 Å². The topological polar surface area (TPSA) is 51.4 Å². The van der Waals surface area contributed by atoms with E-state index in [9.17, 15) is 0 Å². The third-order valence-corrected chi connectivity index (χ3v) is 4.62. The van der Waals surface area contributed by atoms with Crippen molar-refractivity contribution in [2.24, 2.45) is 5.73 Å². The van der Waals surface area contributed by atoms with Crippen LogP contribution in [0.5, 0.6) is 5.88 Å². The number of pyridine rings is 1. The molecule has 20 heavy (non-hydrogen) atoms. The first-order chi connectivity index (χ1) is 9.75. The molecule has 1 aliphatic carbocycles. The van der Waals surface area contributed by atoms with Crippen molar-refractivity contribution >= 4 is 0 Å². The maximum atomic E-state index is 6.15. The molecule has 1 aliphatic rings. The molecule has 0 bridgehead atoms. The van der Waals surface area contributed by atoms with Crippen molar-refractivity contribution < 1.29 is 4.74 Å². The van der Waals surface area contributed by atoms with E-state index in [1.54, 1.807) is 13.3 Å². The number of rotatable bonds is 6. The highest BCUT2D eigenvalue weighted by Gasteiger charge is 2.36. The van der Waals surface area contributed by atoms with Crippen LogP contribution in [0.15, 0.2) is 18.3 Å². The van der Waals surface area contributed by atoms with E-state index in [1.807, 2.05) is 6.07 Å². The summed E-state index contributed by atoms with van der Waals surface area (Å²) < 4.78 is 5.38. The lowest BCUT2D eigenvalue weighted by molar-refractivity contribution is 0.0538. The van der Waals surface area contributed by atoms with Gasteiger partial charge in [-0.05, 0) is 25.5 Å². The SMILES string of the molecule is CCN(Cc1cccnc1OC)C1(CN)CCCCC1. The van der Waals surface area contributed by atoms with Crippen LogP contribution in [0.3, 0.4) is 0 Å². The molecule has 1 aromatic rings. The van der Waals surface area contributed by atoms with Crippen molar-refractivity contribution in [2.75, 3.05) is 20.2 Å². The Hall–Kier alpha value is -1.13. The van der Waals surface area contributed by atoms with E-state index in [-0.39, 0.29) is 5.54 Å². The van der Waals surface area contributed by atoms with Gasteiger partial charge in [0.25, 0.3) is 0 Å². The monoisotopic (exact) mass is 277 g/mol. The molecule has 0 amide bonds. The first kappa shape index (κ1) is 15.3. The average molecular weight is 277 g/mol. The largest absolute Gasteiger partial charge is 0.481 e. The van der Waals surface area contributed by atoms with Crippen LogP contribution in [0.4, 0.5) is 0 Å². The molecule has 112 valence electrons. The average Bonchev–Trinajstić information content (AvgIpc) is 2.53. The van der Waals surface area contributed by atoms with Gasteiger partial charge in [0.05, 0.1) is 7.11 Å². The normalized spacial score (nSPS) is 18.2. The van der Waals surface area contributed by atoms with Gasteiger partial charge < -0.3 is 10.5 Å². The van der Waals surface area contributed by atoms with Crippen molar-refractivity contribution in [3.63, 3.8) is 0 Å². The number of aromatic nitrogens is 1. The molecule has 1 saturated carbocycles. The summed E-state index contributed by atoms with van der Waals surface area (Å²) >= 11 is 0. The summed E-state index contributed by atoms with van der Waals surface area (Å²) in [6.45, 7) is 4.83.